The molecule has 0 aromatic carbocycles. The van der Waals surface area contributed by atoms with Crippen molar-refractivity contribution in [1.29, 1.82) is 0 Å². The summed E-state index contributed by atoms with van der Waals surface area (Å²) in [6.45, 7) is 11.6. The van der Waals surface area contributed by atoms with E-state index in [0.717, 1.165) is 23.4 Å². The number of imide groups is 1. The van der Waals surface area contributed by atoms with E-state index in [9.17, 15) is 9.59 Å². The number of carbonyl (C=O) groups is 2. The number of urea groups is 1. The van der Waals surface area contributed by atoms with Crippen LogP contribution in [0.5, 0.6) is 0 Å². The predicted octanol–water partition coefficient (Wildman–Crippen LogP) is 1.15. The normalized spacial score (nSPS) is 19.6. The molecule has 0 spiro atoms. The fourth-order valence-electron chi connectivity index (χ4n) is 3.57. The first-order valence-corrected chi connectivity index (χ1v) is 9.75. The van der Waals surface area contributed by atoms with Crippen LogP contribution < -0.4 is 0 Å². The Labute approximate surface area is 165 Å². The molecule has 2 aliphatic heterocycles. The summed E-state index contributed by atoms with van der Waals surface area (Å²) in [5, 5.41) is 4.61. The third kappa shape index (κ3) is 3.13. The Bertz CT molecular complexity index is 869. The molecule has 1 fully saturated rings. The van der Waals surface area contributed by atoms with Crippen molar-refractivity contribution in [2.45, 2.75) is 47.1 Å². The number of aliphatic imine (C=N–C) groups is 1. The van der Waals surface area contributed by atoms with Crippen molar-refractivity contribution < 1.29 is 18.9 Å². The molecule has 9 heteroatoms. The maximum absolute atomic E-state index is 13.2. The van der Waals surface area contributed by atoms with E-state index < -0.39 is 6.04 Å². The van der Waals surface area contributed by atoms with Gasteiger partial charge in [0.1, 0.15) is 5.69 Å². The Kier molecular flexibility index (Phi) is 5.64. The number of amides is 3. The third-order valence-electron chi connectivity index (χ3n) is 5.36. The van der Waals surface area contributed by atoms with E-state index in [4.69, 9.17) is 9.73 Å². The number of likely N-dealkylation sites (N-methyl/N-ethyl adjacent to an activating group) is 1. The molecular formula is C19H29N6O3+. The highest BCUT2D eigenvalue weighted by atomic mass is 16.5. The number of hydrogen-bond acceptors (Lipinski definition) is 5. The van der Waals surface area contributed by atoms with E-state index in [-0.39, 0.29) is 18.5 Å². The van der Waals surface area contributed by atoms with E-state index in [1.54, 1.807) is 11.7 Å². The van der Waals surface area contributed by atoms with Gasteiger partial charge in [0.05, 0.1) is 25.4 Å². The van der Waals surface area contributed by atoms with Crippen LogP contribution in [-0.2, 0) is 9.53 Å². The Morgan fingerprint density at radius 2 is 1.89 bits per heavy atom. The molecule has 1 aromatic heterocycles. The minimum absolute atomic E-state index is 0.230. The van der Waals surface area contributed by atoms with Gasteiger partial charge >= 0.3 is 12.0 Å². The van der Waals surface area contributed by atoms with Crippen LogP contribution in [0.3, 0.4) is 0 Å². The molecule has 0 N–H and O–H groups in total. The van der Waals surface area contributed by atoms with Crippen molar-refractivity contribution >= 4 is 23.7 Å². The lowest BCUT2D eigenvalue weighted by Gasteiger charge is -2.34. The Morgan fingerprint density at radius 3 is 2.46 bits per heavy atom. The van der Waals surface area contributed by atoms with Gasteiger partial charge in [-0.1, -0.05) is 11.9 Å². The standard InChI is InChI=1S/C19H29N6O3/c1-7-9-23-15-16(20-18(23)25-14(5)12(3)13(4)21-25)22(6)19(27)24(17(15)26)10-11-28-8-2/h15H,7-11H2,1-6H3/q+1. The lowest BCUT2D eigenvalue weighted by molar-refractivity contribution is -0.537. The zero-order valence-electron chi connectivity index (χ0n) is 17.5. The van der Waals surface area contributed by atoms with Gasteiger partial charge in [-0.3, -0.25) is 14.6 Å². The molecule has 3 rings (SSSR count). The molecule has 0 bridgehead atoms. The second-order valence-electron chi connectivity index (χ2n) is 7.10. The largest absolute Gasteiger partial charge is 0.421 e. The highest BCUT2D eigenvalue weighted by Gasteiger charge is 2.52. The second kappa shape index (κ2) is 7.83. The zero-order chi connectivity index (χ0) is 20.6. The molecule has 0 saturated carbocycles. The number of aryl methyl sites for hydroxylation is 1. The molecule has 9 nitrogen and oxygen atoms in total. The summed E-state index contributed by atoms with van der Waals surface area (Å²) in [6, 6.07) is -0.995. The molecule has 0 radical (unpaired) electrons. The van der Waals surface area contributed by atoms with Crippen LogP contribution in [0.25, 0.3) is 0 Å². The molecule has 2 aliphatic rings. The average Bonchev–Trinajstić information content (AvgIpc) is 3.16. The van der Waals surface area contributed by atoms with E-state index >= 15 is 0 Å². The number of rotatable bonds is 6. The topological polar surface area (TPSA) is 83.0 Å². The number of ether oxygens (including phenoxy) is 1. The first-order chi connectivity index (χ1) is 13.3. The van der Waals surface area contributed by atoms with Gasteiger partial charge in [-0.05, 0) is 34.1 Å². The lowest BCUT2D eigenvalue weighted by atomic mass is 10.1. The van der Waals surface area contributed by atoms with Gasteiger partial charge in [-0.2, -0.15) is 0 Å². The summed E-state index contributed by atoms with van der Waals surface area (Å²) in [7, 11) is 1.66. The van der Waals surface area contributed by atoms with E-state index in [1.807, 2.05) is 32.3 Å². The van der Waals surface area contributed by atoms with Gasteiger partial charge in [0.25, 0.3) is 5.91 Å². The van der Waals surface area contributed by atoms with Gasteiger partial charge in [-0.25, -0.2) is 9.37 Å². The Morgan fingerprint density at radius 1 is 1.18 bits per heavy atom. The van der Waals surface area contributed by atoms with Gasteiger partial charge in [0, 0.05) is 19.2 Å². The minimum atomic E-state index is -0.622. The highest BCUT2D eigenvalue weighted by Crippen LogP contribution is 2.22. The monoisotopic (exact) mass is 389 g/mol. The SMILES string of the molecule is CCC[N+]1=C(n2nc(C)c(C)c2C)N=C2C1C(=O)N(CCOCC)C(=O)N2C. The van der Waals surface area contributed by atoms with Gasteiger partial charge in [-0.15, -0.1) is 9.78 Å². The molecule has 1 saturated heterocycles. The van der Waals surface area contributed by atoms with Gasteiger partial charge in [0.15, 0.2) is 0 Å². The zero-order valence-corrected chi connectivity index (χ0v) is 17.5. The quantitative estimate of drug-likeness (QED) is 0.540. The molecule has 0 aliphatic carbocycles. The minimum Gasteiger partial charge on any atom is -0.380 e. The summed E-state index contributed by atoms with van der Waals surface area (Å²) < 4.78 is 9.08. The fraction of sp³-hybridized carbons (Fsp3) is 0.632. The van der Waals surface area contributed by atoms with Crippen molar-refractivity contribution in [3.05, 3.63) is 17.0 Å². The van der Waals surface area contributed by atoms with E-state index in [0.29, 0.717) is 31.6 Å². The summed E-state index contributed by atoms with van der Waals surface area (Å²) in [4.78, 5) is 33.4. The van der Waals surface area contributed by atoms with E-state index in [1.165, 1.54) is 9.80 Å². The fourth-order valence-corrected chi connectivity index (χ4v) is 3.57. The van der Waals surface area contributed by atoms with Crippen LogP contribution in [0.1, 0.15) is 37.2 Å². The van der Waals surface area contributed by atoms with Gasteiger partial charge < -0.3 is 4.74 Å². The molecule has 1 aromatic rings. The molecule has 1 unspecified atom stereocenters. The maximum Gasteiger partial charge on any atom is 0.421 e. The molecule has 1 atom stereocenters. The second-order valence-corrected chi connectivity index (χ2v) is 7.10. The number of aromatic nitrogens is 2. The summed E-state index contributed by atoms with van der Waals surface area (Å²) in [5.41, 5.74) is 2.99. The molecule has 28 heavy (non-hydrogen) atoms. The number of fused-ring (bicyclic) bond motifs is 1. The van der Waals surface area contributed by atoms with Crippen molar-refractivity contribution in [1.82, 2.24) is 19.6 Å². The average molecular weight is 389 g/mol. The van der Waals surface area contributed by atoms with Crippen molar-refractivity contribution in [2.24, 2.45) is 4.99 Å². The summed E-state index contributed by atoms with van der Waals surface area (Å²) >= 11 is 0. The van der Waals surface area contributed by atoms with Crippen molar-refractivity contribution in [3.8, 4) is 0 Å². The predicted molar refractivity (Wildman–Crippen MR) is 105 cm³/mol. The van der Waals surface area contributed by atoms with Crippen LogP contribution in [-0.4, -0.2) is 87.3 Å². The highest BCUT2D eigenvalue weighted by molar-refractivity contribution is 6.23. The number of nitrogens with zero attached hydrogens (tertiary/aromatic N) is 6. The molecule has 152 valence electrons. The van der Waals surface area contributed by atoms with Crippen LogP contribution >= 0.6 is 0 Å². The lowest BCUT2D eigenvalue weighted by Crippen LogP contribution is -2.63. The van der Waals surface area contributed by atoms with Crippen LogP contribution in [0.2, 0.25) is 0 Å². The summed E-state index contributed by atoms with van der Waals surface area (Å²) in [6.07, 6.45) is 0.838. The number of hydrogen-bond donors (Lipinski definition) is 0. The van der Waals surface area contributed by atoms with Crippen molar-refractivity contribution in [2.75, 3.05) is 33.4 Å². The Balaban J connectivity index is 2.06. The van der Waals surface area contributed by atoms with Crippen LogP contribution in [0, 0.1) is 20.8 Å². The Hall–Kier alpha value is -2.55. The van der Waals surface area contributed by atoms with Crippen LogP contribution in [0.4, 0.5) is 4.79 Å². The maximum atomic E-state index is 13.2. The third-order valence-corrected chi connectivity index (χ3v) is 5.36. The smallest absolute Gasteiger partial charge is 0.380 e. The number of amidine groups is 1. The first kappa shape index (κ1) is 20.2. The molecule has 3 amide bonds. The van der Waals surface area contributed by atoms with Crippen molar-refractivity contribution in [3.63, 3.8) is 0 Å². The van der Waals surface area contributed by atoms with E-state index in [2.05, 4.69) is 12.0 Å². The number of carbonyl (C=O) groups excluding carboxylic acids is 2. The molecular weight excluding hydrogens is 360 g/mol. The first-order valence-electron chi connectivity index (χ1n) is 9.75. The van der Waals surface area contributed by atoms with Crippen LogP contribution in [0.15, 0.2) is 4.99 Å². The summed E-state index contributed by atoms with van der Waals surface area (Å²) in [5.74, 6) is 0.787. The molecule has 3 heterocycles. The van der Waals surface area contributed by atoms with Gasteiger partial charge in [0.2, 0.25) is 11.9 Å².